The first-order valence-electron chi connectivity index (χ1n) is 6.14. The third-order valence-electron chi connectivity index (χ3n) is 3.13. The van der Waals surface area contributed by atoms with Gasteiger partial charge < -0.3 is 10.3 Å². The molecular weight excluding hydrogens is 214 g/mol. The van der Waals surface area contributed by atoms with E-state index >= 15 is 0 Å². The number of imidazole rings is 1. The van der Waals surface area contributed by atoms with Crippen LogP contribution >= 0.6 is 0 Å². The Hall–Kier alpha value is -1.78. The van der Waals surface area contributed by atoms with Gasteiger partial charge in [-0.3, -0.25) is 4.68 Å². The lowest BCUT2D eigenvalue weighted by Crippen LogP contribution is -1.99. The summed E-state index contributed by atoms with van der Waals surface area (Å²) >= 11 is 0. The minimum Gasteiger partial charge on any atom is -0.383 e. The average molecular weight is 231 g/mol. The summed E-state index contributed by atoms with van der Waals surface area (Å²) in [4.78, 5) is 4.41. The highest BCUT2D eigenvalue weighted by molar-refractivity contribution is 5.69. The van der Waals surface area contributed by atoms with Gasteiger partial charge in [0.15, 0.2) is 0 Å². The van der Waals surface area contributed by atoms with Gasteiger partial charge in [0.25, 0.3) is 0 Å². The Morgan fingerprint density at radius 3 is 3.00 bits per heavy atom. The van der Waals surface area contributed by atoms with Crippen LogP contribution in [0.2, 0.25) is 0 Å². The van der Waals surface area contributed by atoms with E-state index in [0.717, 1.165) is 30.0 Å². The van der Waals surface area contributed by atoms with E-state index in [9.17, 15) is 0 Å². The van der Waals surface area contributed by atoms with Crippen molar-refractivity contribution in [3.8, 4) is 11.3 Å². The topological polar surface area (TPSA) is 61.7 Å². The van der Waals surface area contributed by atoms with Crippen molar-refractivity contribution in [1.82, 2.24) is 19.3 Å². The van der Waals surface area contributed by atoms with Crippen molar-refractivity contribution in [2.75, 3.05) is 5.73 Å². The summed E-state index contributed by atoms with van der Waals surface area (Å²) in [5, 5.41) is 4.31. The van der Waals surface area contributed by atoms with Crippen LogP contribution in [-0.2, 0) is 6.54 Å². The zero-order valence-corrected chi connectivity index (χ0v) is 10.0. The molecule has 17 heavy (non-hydrogen) atoms. The Balaban J connectivity index is 1.91. The minimum atomic E-state index is 0.571. The first-order chi connectivity index (χ1) is 8.29. The molecule has 0 amide bonds. The third-order valence-corrected chi connectivity index (χ3v) is 3.13. The molecule has 0 aromatic carbocycles. The molecule has 2 N–H and O–H groups in total. The lowest BCUT2D eigenvalue weighted by atomic mass is 10.2. The van der Waals surface area contributed by atoms with Gasteiger partial charge in [0.05, 0.1) is 12.5 Å². The van der Waals surface area contributed by atoms with Crippen molar-refractivity contribution < 1.29 is 0 Å². The van der Waals surface area contributed by atoms with Gasteiger partial charge in [-0.15, -0.1) is 0 Å². The molecule has 2 heterocycles. The first-order valence-corrected chi connectivity index (χ1v) is 6.14. The number of nitrogens with zero attached hydrogens (tertiary/aromatic N) is 4. The molecule has 0 radical (unpaired) electrons. The molecule has 0 saturated heterocycles. The highest BCUT2D eigenvalue weighted by atomic mass is 15.3. The van der Waals surface area contributed by atoms with E-state index in [0.29, 0.717) is 6.04 Å². The summed E-state index contributed by atoms with van der Waals surface area (Å²) < 4.78 is 4.01. The molecular formula is C12H17N5. The minimum absolute atomic E-state index is 0.571. The molecule has 2 aromatic heterocycles. The molecule has 3 rings (SSSR count). The number of rotatable bonds is 4. The molecule has 5 heteroatoms. The second-order valence-electron chi connectivity index (χ2n) is 4.61. The maximum atomic E-state index is 6.12. The van der Waals surface area contributed by atoms with Crippen LogP contribution in [0.4, 0.5) is 5.82 Å². The van der Waals surface area contributed by atoms with Gasteiger partial charge in [-0.2, -0.15) is 5.10 Å². The predicted octanol–water partition coefficient (Wildman–Crippen LogP) is 2.07. The summed E-state index contributed by atoms with van der Waals surface area (Å²) in [5.74, 6) is 0.767. The summed E-state index contributed by atoms with van der Waals surface area (Å²) in [6.45, 7) is 3.07. The Morgan fingerprint density at radius 1 is 1.47 bits per heavy atom. The van der Waals surface area contributed by atoms with E-state index < -0.39 is 0 Å². The van der Waals surface area contributed by atoms with Gasteiger partial charge in [-0.05, 0) is 19.3 Å². The SMILES string of the molecule is CCCn1cc(-c2ncn(C3CC3)c2N)cn1. The maximum Gasteiger partial charge on any atom is 0.131 e. The van der Waals surface area contributed by atoms with Crippen LogP contribution < -0.4 is 5.73 Å². The van der Waals surface area contributed by atoms with Crippen LogP contribution in [-0.4, -0.2) is 19.3 Å². The van der Waals surface area contributed by atoms with Crippen LogP contribution in [0.15, 0.2) is 18.7 Å². The molecule has 1 aliphatic carbocycles. The fraction of sp³-hybridized carbons (Fsp3) is 0.500. The van der Waals surface area contributed by atoms with Gasteiger partial charge >= 0.3 is 0 Å². The fourth-order valence-corrected chi connectivity index (χ4v) is 2.07. The summed E-state index contributed by atoms with van der Waals surface area (Å²) in [6.07, 6.45) is 9.21. The molecule has 1 fully saturated rings. The van der Waals surface area contributed by atoms with Gasteiger partial charge in [0.2, 0.25) is 0 Å². The molecule has 0 spiro atoms. The second-order valence-corrected chi connectivity index (χ2v) is 4.61. The van der Waals surface area contributed by atoms with Crippen LogP contribution in [0.1, 0.15) is 32.2 Å². The van der Waals surface area contributed by atoms with Crippen molar-refractivity contribution in [3.63, 3.8) is 0 Å². The third kappa shape index (κ3) is 1.81. The fourth-order valence-electron chi connectivity index (χ4n) is 2.07. The van der Waals surface area contributed by atoms with E-state index in [1.54, 1.807) is 0 Å². The number of nitrogens with two attached hydrogens (primary N) is 1. The van der Waals surface area contributed by atoms with Crippen molar-refractivity contribution in [2.24, 2.45) is 0 Å². The second kappa shape index (κ2) is 3.91. The summed E-state index contributed by atoms with van der Waals surface area (Å²) in [7, 11) is 0. The molecule has 5 nitrogen and oxygen atoms in total. The van der Waals surface area contributed by atoms with Gasteiger partial charge in [-0.1, -0.05) is 6.92 Å². The molecule has 0 bridgehead atoms. The molecule has 2 aromatic rings. The predicted molar refractivity (Wildman–Crippen MR) is 66.4 cm³/mol. The van der Waals surface area contributed by atoms with Crippen molar-refractivity contribution in [3.05, 3.63) is 18.7 Å². The lowest BCUT2D eigenvalue weighted by molar-refractivity contribution is 0.603. The van der Waals surface area contributed by atoms with E-state index in [4.69, 9.17) is 5.73 Å². The van der Waals surface area contributed by atoms with Gasteiger partial charge in [0.1, 0.15) is 11.5 Å². The standard InChI is InChI=1S/C12H17N5/c1-2-5-16-7-9(6-15-16)11-12(13)17(8-14-11)10-3-4-10/h6-8,10H,2-5,13H2,1H3. The van der Waals surface area contributed by atoms with Gasteiger partial charge in [-0.25, -0.2) is 4.98 Å². The highest BCUT2D eigenvalue weighted by Gasteiger charge is 2.26. The normalized spacial score (nSPS) is 15.4. The first kappa shape index (κ1) is 10.4. The van der Waals surface area contributed by atoms with Gasteiger partial charge in [0, 0.05) is 24.3 Å². The Morgan fingerprint density at radius 2 is 2.29 bits per heavy atom. The van der Waals surface area contributed by atoms with E-state index in [1.165, 1.54) is 12.8 Å². The lowest BCUT2D eigenvalue weighted by Gasteiger charge is -2.01. The van der Waals surface area contributed by atoms with E-state index in [2.05, 4.69) is 21.6 Å². The number of hydrogen-bond acceptors (Lipinski definition) is 3. The number of aromatic nitrogens is 4. The summed E-state index contributed by atoms with van der Waals surface area (Å²) in [6, 6.07) is 0.571. The zero-order chi connectivity index (χ0) is 11.8. The number of anilines is 1. The highest BCUT2D eigenvalue weighted by Crippen LogP contribution is 2.38. The smallest absolute Gasteiger partial charge is 0.131 e. The van der Waals surface area contributed by atoms with Crippen LogP contribution in [0, 0.1) is 0 Å². The number of aryl methyl sites for hydroxylation is 1. The van der Waals surface area contributed by atoms with Crippen LogP contribution in [0.3, 0.4) is 0 Å². The largest absolute Gasteiger partial charge is 0.383 e. The zero-order valence-electron chi connectivity index (χ0n) is 10.0. The maximum absolute atomic E-state index is 6.12. The molecule has 1 aliphatic rings. The quantitative estimate of drug-likeness (QED) is 0.876. The van der Waals surface area contributed by atoms with Crippen molar-refractivity contribution in [2.45, 2.75) is 38.8 Å². The average Bonchev–Trinajstić information content (AvgIpc) is 2.93. The molecule has 0 aliphatic heterocycles. The van der Waals surface area contributed by atoms with E-state index in [1.807, 2.05) is 23.4 Å². The molecule has 90 valence electrons. The monoisotopic (exact) mass is 231 g/mol. The molecule has 0 atom stereocenters. The van der Waals surface area contributed by atoms with Crippen LogP contribution in [0.5, 0.6) is 0 Å². The van der Waals surface area contributed by atoms with Crippen LogP contribution in [0.25, 0.3) is 11.3 Å². The molecule has 0 unspecified atom stereocenters. The van der Waals surface area contributed by atoms with Crippen molar-refractivity contribution in [1.29, 1.82) is 0 Å². The Labute approximate surface area is 100 Å². The number of nitrogen functional groups attached to an aromatic ring is 1. The molecule has 1 saturated carbocycles. The van der Waals surface area contributed by atoms with Crippen molar-refractivity contribution >= 4 is 5.82 Å². The Kier molecular flexibility index (Phi) is 2.39. The number of hydrogen-bond donors (Lipinski definition) is 1. The summed E-state index contributed by atoms with van der Waals surface area (Å²) in [5.41, 5.74) is 7.99. The Bertz CT molecular complexity index is 521. The van der Waals surface area contributed by atoms with E-state index in [-0.39, 0.29) is 0 Å².